The highest BCUT2D eigenvalue weighted by Crippen LogP contribution is 2.29. The van der Waals surface area contributed by atoms with Crippen molar-refractivity contribution in [2.45, 2.75) is 18.5 Å². The number of hydrogen-bond donors (Lipinski definition) is 0. The summed E-state index contributed by atoms with van der Waals surface area (Å²) in [5, 5.41) is 0.513. The summed E-state index contributed by atoms with van der Waals surface area (Å²) in [7, 11) is 0.00337. The van der Waals surface area contributed by atoms with Gasteiger partial charge in [-0.2, -0.15) is 0 Å². The third-order valence-electron chi connectivity index (χ3n) is 5.90. The van der Waals surface area contributed by atoms with Crippen LogP contribution in [0, 0.1) is 0 Å². The van der Waals surface area contributed by atoms with E-state index in [-0.39, 0.29) is 36.0 Å². The van der Waals surface area contributed by atoms with Gasteiger partial charge in [0.05, 0.1) is 25.2 Å². The van der Waals surface area contributed by atoms with Gasteiger partial charge in [0.15, 0.2) is 9.84 Å². The molecule has 2 aliphatic rings. The zero-order valence-electron chi connectivity index (χ0n) is 17.3. The smallest absolute Gasteiger partial charge is 0.327 e. The number of hydrogen-bond acceptors (Lipinski definition) is 7. The zero-order valence-corrected chi connectivity index (χ0v) is 18.9. The van der Waals surface area contributed by atoms with Gasteiger partial charge in [0.2, 0.25) is 5.91 Å². The Hall–Kier alpha value is -1.68. The van der Waals surface area contributed by atoms with Crippen molar-refractivity contribution in [3.63, 3.8) is 0 Å². The van der Waals surface area contributed by atoms with Crippen molar-refractivity contribution in [3.8, 4) is 0 Å². The molecule has 2 fully saturated rings. The molecule has 0 bridgehead atoms. The Morgan fingerprint density at radius 1 is 1.23 bits per heavy atom. The highest BCUT2D eigenvalue weighted by atomic mass is 35.5. The number of ether oxygens (including phenoxy) is 1. The Morgan fingerprint density at radius 2 is 1.90 bits per heavy atom. The molecule has 1 amide bonds. The summed E-state index contributed by atoms with van der Waals surface area (Å²) in [5.74, 6) is -0.261. The molecule has 2 aliphatic heterocycles. The molecule has 2 saturated heterocycles. The minimum atomic E-state index is -3.03. The minimum Gasteiger partial charge on any atom is -0.468 e. The Morgan fingerprint density at radius 3 is 2.47 bits per heavy atom. The first-order valence-corrected chi connectivity index (χ1v) is 12.2. The topological polar surface area (TPSA) is 87.2 Å². The molecule has 10 heteroatoms. The van der Waals surface area contributed by atoms with Gasteiger partial charge in [-0.15, -0.1) is 0 Å². The molecule has 0 N–H and O–H groups in total. The SMILES string of the molecule is COC(=O)[C@@H](c1ccccc1Cl)N1CCN(CC(=O)N(C)[C@@H]2CCS(=O)(=O)C2)CC1. The fraction of sp³-hybridized carbons (Fsp3) is 0.600. The number of sulfone groups is 1. The van der Waals surface area contributed by atoms with Crippen molar-refractivity contribution >= 4 is 33.3 Å². The maximum atomic E-state index is 12.6. The molecule has 0 unspecified atom stereocenters. The van der Waals surface area contributed by atoms with Gasteiger partial charge in [-0.1, -0.05) is 29.8 Å². The lowest BCUT2D eigenvalue weighted by molar-refractivity contribution is -0.148. The van der Waals surface area contributed by atoms with Crippen LogP contribution in [-0.4, -0.2) is 99.4 Å². The van der Waals surface area contributed by atoms with Crippen LogP contribution in [-0.2, 0) is 24.2 Å². The summed E-state index contributed by atoms with van der Waals surface area (Å²) in [6.07, 6.45) is 0.497. The number of halogens is 1. The number of amides is 1. The van der Waals surface area contributed by atoms with E-state index in [4.69, 9.17) is 16.3 Å². The number of methoxy groups -OCH3 is 1. The second-order valence-electron chi connectivity index (χ2n) is 7.82. The van der Waals surface area contributed by atoms with E-state index in [2.05, 4.69) is 0 Å². The monoisotopic (exact) mass is 457 g/mol. The third kappa shape index (κ3) is 5.32. The summed E-state index contributed by atoms with van der Waals surface area (Å²) in [6.45, 7) is 2.62. The standard InChI is InChI=1S/C20H28ClN3O5S/c1-22(15-7-12-30(27,28)14-15)18(25)13-23-8-10-24(11-9-23)19(20(26)29-2)16-5-3-4-6-17(16)21/h3-6,15,19H,7-14H2,1-2H3/t15-,19-/m1/s1. The van der Waals surface area contributed by atoms with Crippen molar-refractivity contribution < 1.29 is 22.7 Å². The van der Waals surface area contributed by atoms with Crippen molar-refractivity contribution in [1.29, 1.82) is 0 Å². The van der Waals surface area contributed by atoms with Crippen LogP contribution in [0.15, 0.2) is 24.3 Å². The molecule has 0 aromatic heterocycles. The first-order chi connectivity index (χ1) is 14.2. The van der Waals surface area contributed by atoms with Gasteiger partial charge in [-0.25, -0.2) is 13.2 Å². The first-order valence-electron chi connectivity index (χ1n) is 9.96. The Kier molecular flexibility index (Phi) is 7.38. The molecule has 0 aliphatic carbocycles. The highest BCUT2D eigenvalue weighted by molar-refractivity contribution is 7.91. The normalized spacial score (nSPS) is 23.1. The molecular formula is C20H28ClN3O5S. The van der Waals surface area contributed by atoms with Crippen molar-refractivity contribution in [2.24, 2.45) is 0 Å². The molecule has 3 rings (SSSR count). The maximum absolute atomic E-state index is 12.6. The number of carbonyl (C=O) groups is 2. The molecular weight excluding hydrogens is 430 g/mol. The number of carbonyl (C=O) groups excluding carboxylic acids is 2. The summed E-state index contributed by atoms with van der Waals surface area (Å²) >= 11 is 6.32. The molecule has 1 aromatic carbocycles. The molecule has 0 saturated carbocycles. The van der Waals surface area contributed by atoms with Gasteiger partial charge >= 0.3 is 5.97 Å². The van der Waals surface area contributed by atoms with E-state index in [1.165, 1.54) is 7.11 Å². The molecule has 0 spiro atoms. The van der Waals surface area contributed by atoms with E-state index >= 15 is 0 Å². The lowest BCUT2D eigenvalue weighted by Gasteiger charge is -2.38. The molecule has 1 aromatic rings. The van der Waals surface area contributed by atoms with Gasteiger partial charge in [0, 0.05) is 44.3 Å². The molecule has 0 radical (unpaired) electrons. The predicted octanol–water partition coefficient (Wildman–Crippen LogP) is 0.817. The van der Waals surface area contributed by atoms with Gasteiger partial charge in [-0.05, 0) is 18.1 Å². The second-order valence-corrected chi connectivity index (χ2v) is 10.5. The lowest BCUT2D eigenvalue weighted by Crippen LogP contribution is -2.52. The van der Waals surface area contributed by atoms with E-state index < -0.39 is 15.9 Å². The average Bonchev–Trinajstić information content (AvgIpc) is 3.09. The van der Waals surface area contributed by atoms with Crippen LogP contribution >= 0.6 is 11.6 Å². The van der Waals surface area contributed by atoms with E-state index in [0.29, 0.717) is 43.2 Å². The Labute approximate surface area is 182 Å². The number of piperazine rings is 1. The van der Waals surface area contributed by atoms with Gasteiger partial charge in [0.25, 0.3) is 0 Å². The number of esters is 1. The molecule has 8 nitrogen and oxygen atoms in total. The van der Waals surface area contributed by atoms with Crippen LogP contribution in [0.25, 0.3) is 0 Å². The zero-order chi connectivity index (χ0) is 21.9. The van der Waals surface area contributed by atoms with Crippen LogP contribution in [0.3, 0.4) is 0 Å². The van der Waals surface area contributed by atoms with Crippen molar-refractivity contribution in [3.05, 3.63) is 34.9 Å². The van der Waals surface area contributed by atoms with Gasteiger partial charge in [-0.3, -0.25) is 14.6 Å². The molecule has 2 heterocycles. The second kappa shape index (κ2) is 9.64. The number of rotatable bonds is 6. The summed E-state index contributed by atoms with van der Waals surface area (Å²) in [5.41, 5.74) is 0.706. The molecule has 2 atom stereocenters. The van der Waals surface area contributed by atoms with Crippen molar-refractivity contribution in [2.75, 3.05) is 58.4 Å². The van der Waals surface area contributed by atoms with Crippen LogP contribution in [0.4, 0.5) is 0 Å². The van der Waals surface area contributed by atoms with Crippen LogP contribution in [0.1, 0.15) is 18.0 Å². The maximum Gasteiger partial charge on any atom is 0.327 e. The predicted molar refractivity (Wildman–Crippen MR) is 114 cm³/mol. The summed E-state index contributed by atoms with van der Waals surface area (Å²) in [4.78, 5) is 30.7. The fourth-order valence-corrected chi connectivity index (χ4v) is 6.06. The molecule has 166 valence electrons. The van der Waals surface area contributed by atoms with E-state index in [1.807, 2.05) is 28.0 Å². The Balaban J connectivity index is 1.58. The minimum absolute atomic E-state index is 0.0433. The van der Waals surface area contributed by atoms with E-state index in [1.54, 1.807) is 18.0 Å². The largest absolute Gasteiger partial charge is 0.468 e. The van der Waals surface area contributed by atoms with Crippen LogP contribution in [0.5, 0.6) is 0 Å². The lowest BCUT2D eigenvalue weighted by atomic mass is 10.0. The number of nitrogens with zero attached hydrogens (tertiary/aromatic N) is 3. The summed E-state index contributed by atoms with van der Waals surface area (Å²) < 4.78 is 28.4. The fourth-order valence-electron chi connectivity index (χ4n) is 4.05. The first kappa shape index (κ1) is 23.0. The average molecular weight is 458 g/mol. The van der Waals surface area contributed by atoms with Crippen LogP contribution < -0.4 is 0 Å². The van der Waals surface area contributed by atoms with Gasteiger partial charge < -0.3 is 9.64 Å². The number of benzene rings is 1. The Bertz CT molecular complexity index is 886. The van der Waals surface area contributed by atoms with E-state index in [0.717, 1.165) is 0 Å². The third-order valence-corrected chi connectivity index (χ3v) is 8.00. The quantitative estimate of drug-likeness (QED) is 0.584. The van der Waals surface area contributed by atoms with Crippen molar-refractivity contribution in [1.82, 2.24) is 14.7 Å². The highest BCUT2D eigenvalue weighted by Gasteiger charge is 2.35. The van der Waals surface area contributed by atoms with Gasteiger partial charge in [0.1, 0.15) is 6.04 Å². The van der Waals surface area contributed by atoms with E-state index in [9.17, 15) is 18.0 Å². The van der Waals surface area contributed by atoms with Crippen LogP contribution in [0.2, 0.25) is 5.02 Å². The molecule has 30 heavy (non-hydrogen) atoms. The summed E-state index contributed by atoms with van der Waals surface area (Å²) in [6, 6.07) is 6.40. The number of likely N-dealkylation sites (N-methyl/N-ethyl adjacent to an activating group) is 1.